The molecular weight excluding hydrogens is 248 g/mol. The molecule has 1 aromatic rings. The number of hydrogen-bond donors (Lipinski definition) is 3. The largest absolute Gasteiger partial charge is 0.507 e. The number of amides is 2. The van der Waals surface area contributed by atoms with Crippen LogP contribution in [-0.2, 0) is 4.79 Å². The summed E-state index contributed by atoms with van der Waals surface area (Å²) in [5, 5.41) is 19.3. The van der Waals surface area contributed by atoms with E-state index < -0.39 is 11.8 Å². The molecule has 0 aromatic heterocycles. The highest BCUT2D eigenvalue weighted by molar-refractivity contribution is 6.00. The number of carbonyl (C=O) groups excluding carboxylic acids is 2. The Morgan fingerprint density at radius 1 is 1.26 bits per heavy atom. The average Bonchev–Trinajstić information content (AvgIpc) is 2.33. The molecule has 0 aliphatic carbocycles. The maximum atomic E-state index is 12.2. The van der Waals surface area contributed by atoms with E-state index >= 15 is 0 Å². The molecule has 0 bridgehead atoms. The molecule has 2 amide bonds. The molecule has 4 N–H and O–H groups in total. The van der Waals surface area contributed by atoms with Crippen molar-refractivity contribution in [2.45, 2.75) is 19.8 Å². The molecule has 104 valence electrons. The lowest BCUT2D eigenvalue weighted by Crippen LogP contribution is -2.39. The number of carbonyl (C=O) groups is 2. The van der Waals surface area contributed by atoms with Gasteiger partial charge in [-0.15, -0.1) is 0 Å². The van der Waals surface area contributed by atoms with Gasteiger partial charge >= 0.3 is 0 Å². The summed E-state index contributed by atoms with van der Waals surface area (Å²) >= 11 is 0. The minimum absolute atomic E-state index is 0.208. The third-order valence-electron chi connectivity index (χ3n) is 2.65. The van der Waals surface area contributed by atoms with E-state index in [-0.39, 0.29) is 23.6 Å². The molecule has 6 heteroatoms. The van der Waals surface area contributed by atoms with Gasteiger partial charge in [0, 0.05) is 6.54 Å². The maximum absolute atomic E-state index is 12.2. The van der Waals surface area contributed by atoms with Gasteiger partial charge in [0.05, 0.1) is 6.54 Å². The summed E-state index contributed by atoms with van der Waals surface area (Å²) in [6.45, 7) is 2.04. The Labute approximate surface area is 111 Å². The van der Waals surface area contributed by atoms with Gasteiger partial charge in [-0.2, -0.15) is 0 Å². The van der Waals surface area contributed by atoms with E-state index in [4.69, 9.17) is 5.73 Å². The second-order valence-corrected chi connectivity index (χ2v) is 4.22. The van der Waals surface area contributed by atoms with Crippen LogP contribution in [0.4, 0.5) is 0 Å². The lowest BCUT2D eigenvalue weighted by atomic mass is 10.1. The molecule has 0 atom stereocenters. The molecular formula is C13H18N2O4. The predicted molar refractivity (Wildman–Crippen MR) is 69.8 cm³/mol. The van der Waals surface area contributed by atoms with Gasteiger partial charge in [0.25, 0.3) is 5.91 Å². The molecule has 0 aliphatic rings. The minimum atomic E-state index is -0.639. The zero-order valence-corrected chi connectivity index (χ0v) is 10.8. The molecule has 0 spiro atoms. The van der Waals surface area contributed by atoms with E-state index in [9.17, 15) is 19.8 Å². The van der Waals surface area contributed by atoms with Crippen LogP contribution in [0.5, 0.6) is 11.5 Å². The third kappa shape index (κ3) is 3.87. The van der Waals surface area contributed by atoms with Gasteiger partial charge in [0.2, 0.25) is 5.91 Å². The van der Waals surface area contributed by atoms with E-state index in [1.165, 1.54) is 23.1 Å². The summed E-state index contributed by atoms with van der Waals surface area (Å²) in [7, 11) is 0. The summed E-state index contributed by atoms with van der Waals surface area (Å²) in [5.41, 5.74) is 4.89. The summed E-state index contributed by atoms with van der Waals surface area (Å²) in [4.78, 5) is 24.4. The highest BCUT2D eigenvalue weighted by Gasteiger charge is 2.23. The van der Waals surface area contributed by atoms with Crippen LogP contribution in [0.2, 0.25) is 0 Å². The number of nitrogens with zero attached hydrogens (tertiary/aromatic N) is 1. The molecule has 0 saturated heterocycles. The van der Waals surface area contributed by atoms with Crippen LogP contribution in [0.25, 0.3) is 0 Å². The van der Waals surface area contributed by atoms with Crippen LogP contribution in [0.15, 0.2) is 18.2 Å². The zero-order valence-electron chi connectivity index (χ0n) is 10.8. The number of primary amides is 1. The van der Waals surface area contributed by atoms with Gasteiger partial charge in [-0.1, -0.05) is 19.4 Å². The first-order valence-corrected chi connectivity index (χ1v) is 6.05. The molecule has 0 fully saturated rings. The van der Waals surface area contributed by atoms with Crippen LogP contribution in [0, 0.1) is 0 Å². The van der Waals surface area contributed by atoms with Crippen molar-refractivity contribution in [1.82, 2.24) is 4.90 Å². The smallest absolute Gasteiger partial charge is 0.261 e. The lowest BCUT2D eigenvalue weighted by Gasteiger charge is -2.21. The predicted octanol–water partition coefficient (Wildman–Crippen LogP) is 0.825. The number of phenols is 2. The van der Waals surface area contributed by atoms with Gasteiger partial charge in [-0.3, -0.25) is 9.59 Å². The molecule has 19 heavy (non-hydrogen) atoms. The summed E-state index contributed by atoms with van der Waals surface area (Å²) in [6.07, 6.45) is 1.54. The monoisotopic (exact) mass is 266 g/mol. The van der Waals surface area contributed by atoms with E-state index in [0.717, 1.165) is 6.42 Å². The van der Waals surface area contributed by atoms with Crippen LogP contribution in [0.1, 0.15) is 30.1 Å². The van der Waals surface area contributed by atoms with E-state index in [1.807, 2.05) is 6.92 Å². The third-order valence-corrected chi connectivity index (χ3v) is 2.65. The fraction of sp³-hybridized carbons (Fsp3) is 0.385. The van der Waals surface area contributed by atoms with Crippen molar-refractivity contribution in [3.8, 4) is 11.5 Å². The summed E-state index contributed by atoms with van der Waals surface area (Å²) in [6, 6.07) is 4.02. The first kappa shape index (κ1) is 14.8. The van der Waals surface area contributed by atoms with Gasteiger partial charge in [0.1, 0.15) is 17.1 Å². The normalized spacial score (nSPS) is 10.2. The molecule has 6 nitrogen and oxygen atoms in total. The highest BCUT2D eigenvalue weighted by Crippen LogP contribution is 2.27. The molecule has 0 radical (unpaired) electrons. The van der Waals surface area contributed by atoms with Crippen molar-refractivity contribution < 1.29 is 19.8 Å². The Balaban J connectivity index is 3.01. The molecule has 0 heterocycles. The Hall–Kier alpha value is -2.24. The Morgan fingerprint density at radius 3 is 2.32 bits per heavy atom. The van der Waals surface area contributed by atoms with Crippen molar-refractivity contribution >= 4 is 11.8 Å². The SMILES string of the molecule is CCCCN(CC(N)=O)C(=O)c1c(O)cccc1O. The Bertz CT molecular complexity index is 453. The van der Waals surface area contributed by atoms with Crippen molar-refractivity contribution in [2.24, 2.45) is 5.73 Å². The number of rotatable bonds is 6. The first-order chi connectivity index (χ1) is 8.97. The first-order valence-electron chi connectivity index (χ1n) is 6.05. The minimum Gasteiger partial charge on any atom is -0.507 e. The van der Waals surface area contributed by atoms with Crippen LogP contribution >= 0.6 is 0 Å². The van der Waals surface area contributed by atoms with Gasteiger partial charge in [-0.25, -0.2) is 0 Å². The summed E-state index contributed by atoms with van der Waals surface area (Å²) < 4.78 is 0. The standard InChI is InChI=1S/C13H18N2O4/c1-2-3-7-15(8-11(14)18)13(19)12-9(16)5-4-6-10(12)17/h4-6,16-17H,2-3,7-8H2,1H3,(H2,14,18). The van der Waals surface area contributed by atoms with Crippen molar-refractivity contribution in [3.05, 3.63) is 23.8 Å². The Morgan fingerprint density at radius 2 is 1.84 bits per heavy atom. The van der Waals surface area contributed by atoms with Gasteiger partial charge in [-0.05, 0) is 18.6 Å². The van der Waals surface area contributed by atoms with Crippen molar-refractivity contribution in [2.75, 3.05) is 13.1 Å². The molecule has 0 unspecified atom stereocenters. The lowest BCUT2D eigenvalue weighted by molar-refractivity contribution is -0.118. The maximum Gasteiger partial charge on any atom is 0.261 e. The average molecular weight is 266 g/mol. The van der Waals surface area contributed by atoms with Crippen LogP contribution in [-0.4, -0.2) is 40.0 Å². The van der Waals surface area contributed by atoms with E-state index in [2.05, 4.69) is 0 Å². The number of hydrogen-bond acceptors (Lipinski definition) is 4. The fourth-order valence-electron chi connectivity index (χ4n) is 1.70. The van der Waals surface area contributed by atoms with Gasteiger partial charge < -0.3 is 20.8 Å². The van der Waals surface area contributed by atoms with Gasteiger partial charge in [0.15, 0.2) is 0 Å². The van der Waals surface area contributed by atoms with E-state index in [0.29, 0.717) is 13.0 Å². The Kier molecular flexibility index (Phi) is 5.17. The highest BCUT2D eigenvalue weighted by atomic mass is 16.3. The summed E-state index contributed by atoms with van der Waals surface area (Å²) in [5.74, 6) is -1.89. The molecule has 1 aromatic carbocycles. The number of aromatic hydroxyl groups is 2. The number of unbranched alkanes of at least 4 members (excludes halogenated alkanes) is 1. The van der Waals surface area contributed by atoms with Crippen molar-refractivity contribution in [3.63, 3.8) is 0 Å². The second kappa shape index (κ2) is 6.63. The molecule has 0 saturated carbocycles. The fourth-order valence-corrected chi connectivity index (χ4v) is 1.70. The number of benzene rings is 1. The second-order valence-electron chi connectivity index (χ2n) is 4.22. The van der Waals surface area contributed by atoms with Crippen LogP contribution < -0.4 is 5.73 Å². The topological polar surface area (TPSA) is 104 Å². The molecule has 0 aliphatic heterocycles. The molecule has 1 rings (SSSR count). The number of phenolic OH excluding ortho intramolecular Hbond substituents is 2. The van der Waals surface area contributed by atoms with Crippen LogP contribution in [0.3, 0.4) is 0 Å². The van der Waals surface area contributed by atoms with Crippen molar-refractivity contribution in [1.29, 1.82) is 0 Å². The zero-order chi connectivity index (χ0) is 14.4. The quantitative estimate of drug-likeness (QED) is 0.709. The van der Waals surface area contributed by atoms with E-state index in [1.54, 1.807) is 0 Å². The number of nitrogens with two attached hydrogens (primary N) is 1.